The number of nitrogens with one attached hydrogen (secondary N) is 2. The molecule has 0 spiro atoms. The van der Waals surface area contributed by atoms with Gasteiger partial charge in [-0.3, -0.25) is 19.4 Å². The molecular formula is C20H20N6O. The molecule has 3 aromatic rings. The number of amides is 1. The molecular weight excluding hydrogens is 340 g/mol. The van der Waals surface area contributed by atoms with Crippen LogP contribution < -0.4 is 10.6 Å². The number of carbonyl (C=O) groups is 1. The molecule has 7 heteroatoms. The summed E-state index contributed by atoms with van der Waals surface area (Å²) in [5.41, 5.74) is 5.70. The molecule has 1 aliphatic rings. The van der Waals surface area contributed by atoms with Crippen LogP contribution in [0, 0.1) is 6.92 Å². The largest absolute Gasteiger partial charge is 0.342 e. The topological polar surface area (TPSA) is 84.7 Å². The molecule has 0 bridgehead atoms. The van der Waals surface area contributed by atoms with Crippen molar-refractivity contribution in [2.24, 2.45) is 0 Å². The summed E-state index contributed by atoms with van der Waals surface area (Å²) < 4.78 is 1.83. The van der Waals surface area contributed by atoms with Gasteiger partial charge in [-0.05, 0) is 38.5 Å². The van der Waals surface area contributed by atoms with Crippen LogP contribution in [-0.2, 0) is 11.3 Å². The Labute approximate surface area is 157 Å². The molecule has 0 saturated heterocycles. The molecule has 0 aromatic carbocycles. The van der Waals surface area contributed by atoms with E-state index >= 15 is 0 Å². The summed E-state index contributed by atoms with van der Waals surface area (Å²) in [5.74, 6) is 0.562. The molecule has 136 valence electrons. The molecule has 0 fully saturated rings. The number of hydrogen-bond acceptors (Lipinski definition) is 5. The molecule has 7 nitrogen and oxygen atoms in total. The van der Waals surface area contributed by atoms with Gasteiger partial charge in [-0.1, -0.05) is 0 Å². The standard InChI is InChI=1S/C20H20N6O/c1-4-26-8-6-18(25-26)23-13(3)19-14-9-16(15-10-21-7-5-12(15)2)22-11-17(14)24-20(19)27/h5-11H,4H2,1-3H3,(H,23,25)(H,24,27)/b19-13-. The Morgan fingerprint density at radius 3 is 2.85 bits per heavy atom. The Morgan fingerprint density at radius 1 is 1.26 bits per heavy atom. The van der Waals surface area contributed by atoms with Crippen molar-refractivity contribution in [3.8, 4) is 11.3 Å². The Balaban J connectivity index is 1.75. The number of nitrogens with zero attached hydrogens (tertiary/aromatic N) is 4. The van der Waals surface area contributed by atoms with Crippen molar-refractivity contribution >= 4 is 23.0 Å². The predicted octanol–water partition coefficient (Wildman–Crippen LogP) is 3.46. The molecule has 1 aliphatic heterocycles. The number of anilines is 2. The smallest absolute Gasteiger partial charge is 0.258 e. The van der Waals surface area contributed by atoms with Crippen molar-refractivity contribution in [3.05, 3.63) is 59.8 Å². The minimum absolute atomic E-state index is 0.146. The Morgan fingerprint density at radius 2 is 2.11 bits per heavy atom. The Hall–Kier alpha value is -3.48. The molecule has 0 saturated carbocycles. The van der Waals surface area contributed by atoms with Crippen molar-refractivity contribution in [1.29, 1.82) is 0 Å². The summed E-state index contributed by atoms with van der Waals surface area (Å²) in [4.78, 5) is 21.3. The van der Waals surface area contributed by atoms with Crippen molar-refractivity contribution in [3.63, 3.8) is 0 Å². The lowest BCUT2D eigenvalue weighted by Gasteiger charge is -2.09. The van der Waals surface area contributed by atoms with Crippen LogP contribution in [0.2, 0.25) is 0 Å². The minimum atomic E-state index is -0.146. The van der Waals surface area contributed by atoms with Crippen LogP contribution in [0.25, 0.3) is 16.8 Å². The number of allylic oxidation sites excluding steroid dienone is 1. The van der Waals surface area contributed by atoms with Gasteiger partial charge in [-0.2, -0.15) is 5.10 Å². The van der Waals surface area contributed by atoms with Gasteiger partial charge in [0.25, 0.3) is 5.91 Å². The maximum atomic E-state index is 12.6. The predicted molar refractivity (Wildman–Crippen MR) is 105 cm³/mol. The number of aromatic nitrogens is 4. The van der Waals surface area contributed by atoms with E-state index in [1.165, 1.54) is 0 Å². The number of fused-ring (bicyclic) bond motifs is 1. The second-order valence-electron chi connectivity index (χ2n) is 6.44. The van der Waals surface area contributed by atoms with E-state index in [1.54, 1.807) is 18.6 Å². The van der Waals surface area contributed by atoms with E-state index < -0.39 is 0 Å². The second-order valence-corrected chi connectivity index (χ2v) is 6.44. The average Bonchev–Trinajstić information content (AvgIpc) is 3.24. The first-order valence-corrected chi connectivity index (χ1v) is 8.81. The van der Waals surface area contributed by atoms with Gasteiger partial charge in [0.15, 0.2) is 5.82 Å². The van der Waals surface area contributed by atoms with E-state index in [4.69, 9.17) is 0 Å². The van der Waals surface area contributed by atoms with Gasteiger partial charge in [-0.15, -0.1) is 0 Å². The van der Waals surface area contributed by atoms with Crippen LogP contribution in [0.3, 0.4) is 0 Å². The zero-order valence-electron chi connectivity index (χ0n) is 15.4. The zero-order chi connectivity index (χ0) is 19.0. The van der Waals surface area contributed by atoms with Gasteiger partial charge >= 0.3 is 0 Å². The fourth-order valence-corrected chi connectivity index (χ4v) is 3.18. The highest BCUT2D eigenvalue weighted by molar-refractivity contribution is 6.32. The lowest BCUT2D eigenvalue weighted by Crippen LogP contribution is -2.09. The summed E-state index contributed by atoms with van der Waals surface area (Å²) in [5, 5.41) is 10.5. The molecule has 4 rings (SSSR count). The highest BCUT2D eigenvalue weighted by atomic mass is 16.2. The number of aryl methyl sites for hydroxylation is 2. The molecule has 3 aromatic heterocycles. The highest BCUT2D eigenvalue weighted by Crippen LogP contribution is 2.36. The van der Waals surface area contributed by atoms with E-state index in [2.05, 4.69) is 25.7 Å². The maximum Gasteiger partial charge on any atom is 0.258 e. The highest BCUT2D eigenvalue weighted by Gasteiger charge is 2.27. The number of carbonyl (C=O) groups excluding carboxylic acids is 1. The number of rotatable bonds is 4. The molecule has 0 atom stereocenters. The molecule has 0 unspecified atom stereocenters. The summed E-state index contributed by atoms with van der Waals surface area (Å²) in [6.07, 6.45) is 7.14. The van der Waals surface area contributed by atoms with Gasteiger partial charge in [-0.25, -0.2) is 0 Å². The van der Waals surface area contributed by atoms with Gasteiger partial charge < -0.3 is 10.6 Å². The molecule has 1 amide bonds. The van der Waals surface area contributed by atoms with E-state index in [-0.39, 0.29) is 5.91 Å². The molecule has 0 aliphatic carbocycles. The summed E-state index contributed by atoms with van der Waals surface area (Å²) in [6, 6.07) is 5.77. The van der Waals surface area contributed by atoms with Crippen molar-refractivity contribution in [2.45, 2.75) is 27.3 Å². The van der Waals surface area contributed by atoms with E-state index in [9.17, 15) is 4.79 Å². The molecule has 27 heavy (non-hydrogen) atoms. The summed E-state index contributed by atoms with van der Waals surface area (Å²) in [7, 11) is 0. The molecule has 4 heterocycles. The lowest BCUT2D eigenvalue weighted by molar-refractivity contribution is -0.110. The lowest BCUT2D eigenvalue weighted by atomic mass is 10.0. The third-order valence-electron chi connectivity index (χ3n) is 4.62. The van der Waals surface area contributed by atoms with Gasteiger partial charge in [0.2, 0.25) is 0 Å². The zero-order valence-corrected chi connectivity index (χ0v) is 15.4. The van der Waals surface area contributed by atoms with Crippen LogP contribution in [0.1, 0.15) is 25.0 Å². The van der Waals surface area contributed by atoms with Gasteiger partial charge in [0, 0.05) is 48.0 Å². The quantitative estimate of drug-likeness (QED) is 0.696. The first-order valence-electron chi connectivity index (χ1n) is 8.81. The van der Waals surface area contributed by atoms with Crippen LogP contribution in [0.4, 0.5) is 11.5 Å². The first-order chi connectivity index (χ1) is 13.1. The third kappa shape index (κ3) is 3.08. The van der Waals surface area contributed by atoms with Crippen LogP contribution >= 0.6 is 0 Å². The average molecular weight is 360 g/mol. The van der Waals surface area contributed by atoms with E-state index in [0.29, 0.717) is 17.1 Å². The molecule has 0 radical (unpaired) electrons. The number of hydrogen-bond donors (Lipinski definition) is 2. The van der Waals surface area contributed by atoms with Crippen molar-refractivity contribution in [2.75, 3.05) is 10.6 Å². The van der Waals surface area contributed by atoms with Gasteiger partial charge in [0.05, 0.1) is 23.2 Å². The normalized spacial score (nSPS) is 14.7. The van der Waals surface area contributed by atoms with Crippen LogP contribution in [0.5, 0.6) is 0 Å². The fourth-order valence-electron chi connectivity index (χ4n) is 3.18. The second kappa shape index (κ2) is 6.68. The number of pyridine rings is 2. The summed E-state index contributed by atoms with van der Waals surface area (Å²) >= 11 is 0. The van der Waals surface area contributed by atoms with Crippen LogP contribution in [-0.4, -0.2) is 25.7 Å². The first kappa shape index (κ1) is 17.0. The Kier molecular flexibility index (Phi) is 4.19. The maximum absolute atomic E-state index is 12.6. The molecule has 2 N–H and O–H groups in total. The van der Waals surface area contributed by atoms with Gasteiger partial charge in [0.1, 0.15) is 0 Å². The van der Waals surface area contributed by atoms with Crippen molar-refractivity contribution < 1.29 is 4.79 Å². The Bertz CT molecular complexity index is 1070. The summed E-state index contributed by atoms with van der Waals surface area (Å²) in [6.45, 7) is 6.71. The fraction of sp³-hybridized carbons (Fsp3) is 0.200. The third-order valence-corrected chi connectivity index (χ3v) is 4.62. The van der Waals surface area contributed by atoms with Crippen LogP contribution in [0.15, 0.2) is 48.7 Å². The van der Waals surface area contributed by atoms with E-state index in [0.717, 1.165) is 34.6 Å². The van der Waals surface area contributed by atoms with E-state index in [1.807, 2.05) is 49.8 Å². The monoisotopic (exact) mass is 360 g/mol. The SMILES string of the molecule is CCn1ccc(N/C(C)=C2\C(=O)Nc3cnc(-c4cnccc4C)cc32)n1. The minimum Gasteiger partial charge on any atom is -0.342 e. The van der Waals surface area contributed by atoms with Crippen molar-refractivity contribution in [1.82, 2.24) is 19.7 Å².